The standard InChI is InChI=1S/C13H20N2O/c1-13(2,14)6-7-15-11-3-4-12-10(9-11)5-8-16-12/h3-4,9,15H,5-8,14H2,1-2H3. The van der Waals surface area contributed by atoms with Crippen molar-refractivity contribution < 1.29 is 4.74 Å². The van der Waals surface area contributed by atoms with Gasteiger partial charge in [-0.15, -0.1) is 0 Å². The van der Waals surface area contributed by atoms with Gasteiger partial charge in [-0.3, -0.25) is 0 Å². The van der Waals surface area contributed by atoms with Crippen LogP contribution < -0.4 is 15.8 Å². The second kappa shape index (κ2) is 4.34. The Morgan fingerprint density at radius 2 is 2.25 bits per heavy atom. The molecule has 0 unspecified atom stereocenters. The largest absolute Gasteiger partial charge is 0.493 e. The summed E-state index contributed by atoms with van der Waals surface area (Å²) in [6, 6.07) is 6.28. The van der Waals surface area contributed by atoms with Crippen molar-refractivity contribution in [3.8, 4) is 5.75 Å². The third kappa shape index (κ3) is 2.89. The summed E-state index contributed by atoms with van der Waals surface area (Å²) in [4.78, 5) is 0. The molecule has 0 spiro atoms. The number of ether oxygens (including phenoxy) is 1. The van der Waals surface area contributed by atoms with Crippen LogP contribution in [0.5, 0.6) is 5.75 Å². The van der Waals surface area contributed by atoms with Crippen LogP contribution in [0, 0.1) is 0 Å². The van der Waals surface area contributed by atoms with Crippen molar-refractivity contribution in [2.75, 3.05) is 18.5 Å². The molecule has 2 rings (SSSR count). The maximum atomic E-state index is 5.93. The first kappa shape index (κ1) is 11.3. The zero-order valence-corrected chi connectivity index (χ0v) is 10.0. The molecule has 0 atom stereocenters. The first-order valence-electron chi connectivity index (χ1n) is 5.83. The molecular weight excluding hydrogens is 200 g/mol. The van der Waals surface area contributed by atoms with Crippen molar-refractivity contribution in [1.29, 1.82) is 0 Å². The highest BCUT2D eigenvalue weighted by Gasteiger charge is 2.12. The predicted octanol–water partition coefficient (Wildman–Crippen LogP) is 2.16. The lowest BCUT2D eigenvalue weighted by Crippen LogP contribution is -2.34. The lowest BCUT2D eigenvalue weighted by molar-refractivity contribution is 0.357. The van der Waals surface area contributed by atoms with Gasteiger partial charge < -0.3 is 15.8 Å². The quantitative estimate of drug-likeness (QED) is 0.817. The van der Waals surface area contributed by atoms with Gasteiger partial charge in [0, 0.05) is 24.2 Å². The molecule has 0 radical (unpaired) electrons. The Morgan fingerprint density at radius 3 is 3.00 bits per heavy atom. The van der Waals surface area contributed by atoms with Gasteiger partial charge in [0.05, 0.1) is 6.61 Å². The number of fused-ring (bicyclic) bond motifs is 1. The molecule has 0 amide bonds. The van der Waals surface area contributed by atoms with Gasteiger partial charge in [0.1, 0.15) is 5.75 Å². The third-order valence-corrected chi connectivity index (χ3v) is 2.79. The van der Waals surface area contributed by atoms with Crippen LogP contribution in [0.1, 0.15) is 25.8 Å². The maximum Gasteiger partial charge on any atom is 0.122 e. The number of nitrogens with one attached hydrogen (secondary N) is 1. The Hall–Kier alpha value is -1.22. The zero-order valence-electron chi connectivity index (χ0n) is 10.0. The number of rotatable bonds is 4. The molecular formula is C13H20N2O. The molecule has 1 aromatic carbocycles. The van der Waals surface area contributed by atoms with Gasteiger partial charge in [-0.05, 0) is 44.0 Å². The smallest absolute Gasteiger partial charge is 0.122 e. The second-order valence-corrected chi connectivity index (χ2v) is 5.09. The summed E-state index contributed by atoms with van der Waals surface area (Å²) < 4.78 is 5.46. The van der Waals surface area contributed by atoms with Gasteiger partial charge in [-0.25, -0.2) is 0 Å². The summed E-state index contributed by atoms with van der Waals surface area (Å²) in [7, 11) is 0. The predicted molar refractivity (Wildman–Crippen MR) is 67.0 cm³/mol. The summed E-state index contributed by atoms with van der Waals surface area (Å²) >= 11 is 0. The normalized spacial score (nSPS) is 14.4. The Bertz CT molecular complexity index is 369. The zero-order chi connectivity index (χ0) is 11.6. The van der Waals surface area contributed by atoms with Crippen LogP contribution in [-0.2, 0) is 6.42 Å². The fourth-order valence-corrected chi connectivity index (χ4v) is 1.83. The van der Waals surface area contributed by atoms with Crippen LogP contribution in [0.25, 0.3) is 0 Å². The minimum absolute atomic E-state index is 0.104. The molecule has 1 aromatic rings. The molecule has 16 heavy (non-hydrogen) atoms. The number of anilines is 1. The Labute approximate surface area is 97.0 Å². The fraction of sp³-hybridized carbons (Fsp3) is 0.538. The second-order valence-electron chi connectivity index (χ2n) is 5.09. The number of nitrogens with two attached hydrogens (primary N) is 1. The van der Waals surface area contributed by atoms with Crippen LogP contribution in [0.4, 0.5) is 5.69 Å². The average molecular weight is 220 g/mol. The van der Waals surface area contributed by atoms with Crippen LogP contribution >= 0.6 is 0 Å². The van der Waals surface area contributed by atoms with E-state index in [0.29, 0.717) is 0 Å². The molecule has 1 aliphatic heterocycles. The highest BCUT2D eigenvalue weighted by atomic mass is 16.5. The van der Waals surface area contributed by atoms with Gasteiger partial charge in [0.2, 0.25) is 0 Å². The Kier molecular flexibility index (Phi) is 3.06. The molecule has 0 aromatic heterocycles. The van der Waals surface area contributed by atoms with Crippen molar-refractivity contribution in [3.63, 3.8) is 0 Å². The molecule has 0 saturated heterocycles. The van der Waals surface area contributed by atoms with E-state index in [4.69, 9.17) is 10.5 Å². The summed E-state index contributed by atoms with van der Waals surface area (Å²) in [5.41, 5.74) is 8.29. The van der Waals surface area contributed by atoms with Gasteiger partial charge in [-0.2, -0.15) is 0 Å². The number of benzene rings is 1. The van der Waals surface area contributed by atoms with E-state index in [1.165, 1.54) is 5.56 Å². The highest BCUT2D eigenvalue weighted by Crippen LogP contribution is 2.27. The Balaban J connectivity index is 1.91. The monoisotopic (exact) mass is 220 g/mol. The van der Waals surface area contributed by atoms with Crippen molar-refractivity contribution in [2.45, 2.75) is 32.2 Å². The molecule has 88 valence electrons. The van der Waals surface area contributed by atoms with E-state index in [9.17, 15) is 0 Å². The van der Waals surface area contributed by atoms with E-state index in [1.54, 1.807) is 0 Å². The van der Waals surface area contributed by atoms with Crippen molar-refractivity contribution >= 4 is 5.69 Å². The van der Waals surface area contributed by atoms with Crippen LogP contribution in [0.3, 0.4) is 0 Å². The average Bonchev–Trinajstić information content (AvgIpc) is 2.62. The number of hydrogen-bond acceptors (Lipinski definition) is 3. The van der Waals surface area contributed by atoms with Gasteiger partial charge in [-0.1, -0.05) is 0 Å². The van der Waals surface area contributed by atoms with Gasteiger partial charge >= 0.3 is 0 Å². The SMILES string of the molecule is CC(C)(N)CCNc1ccc2c(c1)CCO2. The van der Waals surface area contributed by atoms with Crippen molar-refractivity contribution in [2.24, 2.45) is 5.73 Å². The molecule has 1 aliphatic rings. The lowest BCUT2D eigenvalue weighted by Gasteiger charge is -2.18. The summed E-state index contributed by atoms with van der Waals surface area (Å²) in [6.45, 7) is 5.81. The Morgan fingerprint density at radius 1 is 1.44 bits per heavy atom. The van der Waals surface area contributed by atoms with E-state index in [-0.39, 0.29) is 5.54 Å². The van der Waals surface area contributed by atoms with E-state index >= 15 is 0 Å². The summed E-state index contributed by atoms with van der Waals surface area (Å²) in [6.07, 6.45) is 1.98. The molecule has 1 heterocycles. The first-order chi connectivity index (χ1) is 7.54. The van der Waals surface area contributed by atoms with E-state index in [2.05, 4.69) is 17.4 Å². The molecule has 0 fully saturated rings. The minimum atomic E-state index is -0.104. The molecule has 3 N–H and O–H groups in total. The van der Waals surface area contributed by atoms with Crippen molar-refractivity contribution in [3.05, 3.63) is 23.8 Å². The molecule has 0 aliphatic carbocycles. The van der Waals surface area contributed by atoms with Crippen LogP contribution in [0.15, 0.2) is 18.2 Å². The summed E-state index contributed by atoms with van der Waals surface area (Å²) in [5.74, 6) is 1.03. The lowest BCUT2D eigenvalue weighted by atomic mass is 10.0. The molecule has 3 nitrogen and oxygen atoms in total. The van der Waals surface area contributed by atoms with Crippen LogP contribution in [0.2, 0.25) is 0 Å². The number of hydrogen-bond donors (Lipinski definition) is 2. The topological polar surface area (TPSA) is 47.3 Å². The highest BCUT2D eigenvalue weighted by molar-refractivity contribution is 5.52. The van der Waals surface area contributed by atoms with E-state index < -0.39 is 0 Å². The van der Waals surface area contributed by atoms with Gasteiger partial charge in [0.25, 0.3) is 0 Å². The molecule has 0 saturated carbocycles. The molecule has 0 bridgehead atoms. The van der Waals surface area contributed by atoms with E-state index in [0.717, 1.165) is 37.4 Å². The third-order valence-electron chi connectivity index (χ3n) is 2.79. The van der Waals surface area contributed by atoms with Gasteiger partial charge in [0.15, 0.2) is 0 Å². The minimum Gasteiger partial charge on any atom is -0.493 e. The fourth-order valence-electron chi connectivity index (χ4n) is 1.83. The first-order valence-corrected chi connectivity index (χ1v) is 5.83. The summed E-state index contributed by atoms with van der Waals surface area (Å²) in [5, 5.41) is 3.40. The van der Waals surface area contributed by atoms with E-state index in [1.807, 2.05) is 19.9 Å². The maximum absolute atomic E-state index is 5.93. The van der Waals surface area contributed by atoms with Crippen molar-refractivity contribution in [1.82, 2.24) is 0 Å². The molecule has 3 heteroatoms. The van der Waals surface area contributed by atoms with Crippen LogP contribution in [-0.4, -0.2) is 18.7 Å².